The molecule has 3 saturated heterocycles. The first-order valence-electron chi connectivity index (χ1n) is 11.5. The molecule has 3 fully saturated rings. The molecule has 12 nitrogen and oxygen atoms in total. The molecule has 2 aromatic rings. The number of cyclic esters (lactones) is 1. The summed E-state index contributed by atoms with van der Waals surface area (Å²) < 4.78 is 59.1. The highest BCUT2D eigenvalue weighted by atomic mass is 19.3. The van der Waals surface area contributed by atoms with E-state index in [1.807, 2.05) is 0 Å². The van der Waals surface area contributed by atoms with E-state index in [1.54, 1.807) is 13.8 Å². The zero-order valence-electron chi connectivity index (χ0n) is 19.4. The third kappa shape index (κ3) is 3.09. The number of anilines is 2. The van der Waals surface area contributed by atoms with Crippen LogP contribution in [0.4, 0.5) is 34.3 Å². The maximum atomic E-state index is 16.1. The number of benzene rings is 1. The number of hydrogen-bond acceptors (Lipinski definition) is 9. The standard InChI is InChI=1S/C22H20F3N5O7/c1-7-5-29-13-9(4-22(15(29)8(2)36-7)18(31)26-20(33)27-19(22)32)3-10-14(12(13)23)37-28-17(10)30-11(16(24)25)6-35-21(30)34/h3,7-8,11,15-16H,4-6H2,1-2H3,(H2,26,27,31,32,33)/t7-,8+,11?,15-/m1/s1. The molecule has 0 radical (unpaired) electrons. The summed E-state index contributed by atoms with van der Waals surface area (Å²) in [6, 6.07) is -2.29. The summed E-state index contributed by atoms with van der Waals surface area (Å²) in [4.78, 5) is 52.8. The van der Waals surface area contributed by atoms with Gasteiger partial charge in [-0.3, -0.25) is 20.2 Å². The van der Waals surface area contributed by atoms with Crippen molar-refractivity contribution >= 4 is 46.4 Å². The van der Waals surface area contributed by atoms with Crippen LogP contribution >= 0.6 is 0 Å². The number of nitrogens with zero attached hydrogens (tertiary/aromatic N) is 3. The molecular formula is C22H20F3N5O7. The molecule has 4 aliphatic rings. The van der Waals surface area contributed by atoms with Crippen LogP contribution in [0.15, 0.2) is 10.6 Å². The Labute approximate surface area is 206 Å². The SMILES string of the molecule is C[C@@H]1CN2c3c(cc4c(N5C(=O)OCC5C(F)F)noc4c3F)CC3(C(=O)NC(=O)NC3=O)[C@H]2[C@H](C)O1. The van der Waals surface area contributed by atoms with Crippen molar-refractivity contribution in [1.82, 2.24) is 15.8 Å². The van der Waals surface area contributed by atoms with Crippen LogP contribution in [0.5, 0.6) is 0 Å². The van der Waals surface area contributed by atoms with Gasteiger partial charge in [0.05, 0.1) is 29.3 Å². The second-order valence-corrected chi connectivity index (χ2v) is 9.56. The topological polar surface area (TPSA) is 143 Å². The van der Waals surface area contributed by atoms with Crippen molar-refractivity contribution in [3.05, 3.63) is 17.4 Å². The Hall–Kier alpha value is -3.88. The van der Waals surface area contributed by atoms with Gasteiger partial charge in [0.25, 0.3) is 6.43 Å². The number of carbonyl (C=O) groups is 4. The number of halogens is 3. The van der Waals surface area contributed by atoms with Crippen LogP contribution < -0.4 is 20.4 Å². The number of ether oxygens (including phenoxy) is 2. The van der Waals surface area contributed by atoms with Crippen LogP contribution in [0.1, 0.15) is 19.4 Å². The van der Waals surface area contributed by atoms with Gasteiger partial charge in [-0.15, -0.1) is 0 Å². The van der Waals surface area contributed by atoms with E-state index in [-0.39, 0.29) is 35.4 Å². The van der Waals surface area contributed by atoms with Gasteiger partial charge in [-0.25, -0.2) is 27.7 Å². The number of nitrogens with one attached hydrogen (secondary N) is 2. The Morgan fingerprint density at radius 3 is 2.54 bits per heavy atom. The number of urea groups is 1. The first-order valence-corrected chi connectivity index (χ1v) is 11.5. The fourth-order valence-corrected chi connectivity index (χ4v) is 5.98. The number of alkyl halides is 2. The highest BCUT2D eigenvalue weighted by Gasteiger charge is 2.63. The molecule has 4 aliphatic heterocycles. The number of morpholine rings is 1. The van der Waals surface area contributed by atoms with Gasteiger partial charge in [0.15, 0.2) is 17.1 Å². The summed E-state index contributed by atoms with van der Waals surface area (Å²) in [6.07, 6.45) is -5.58. The van der Waals surface area contributed by atoms with E-state index in [9.17, 15) is 28.0 Å². The third-order valence-electron chi connectivity index (χ3n) is 7.37. The number of aromatic nitrogens is 1. The van der Waals surface area contributed by atoms with E-state index >= 15 is 4.39 Å². The first-order chi connectivity index (χ1) is 17.5. The van der Waals surface area contributed by atoms with E-state index in [4.69, 9.17) is 14.0 Å². The molecule has 0 aliphatic carbocycles. The summed E-state index contributed by atoms with van der Waals surface area (Å²) in [7, 11) is 0. The Kier molecular flexibility index (Phi) is 4.96. The second-order valence-electron chi connectivity index (χ2n) is 9.56. The van der Waals surface area contributed by atoms with E-state index < -0.39 is 78.1 Å². The van der Waals surface area contributed by atoms with Crippen LogP contribution in [0, 0.1) is 11.2 Å². The average molecular weight is 523 g/mol. The van der Waals surface area contributed by atoms with Crippen LogP contribution in [-0.4, -0.2) is 73.0 Å². The molecule has 37 heavy (non-hydrogen) atoms. The molecule has 4 atom stereocenters. The molecule has 5 heterocycles. The Balaban J connectivity index is 1.57. The summed E-state index contributed by atoms with van der Waals surface area (Å²) in [5.74, 6) is -3.03. The van der Waals surface area contributed by atoms with Gasteiger partial charge >= 0.3 is 12.1 Å². The lowest BCUT2D eigenvalue weighted by atomic mass is 9.66. The van der Waals surface area contributed by atoms with Crippen LogP contribution in [0.25, 0.3) is 11.0 Å². The maximum absolute atomic E-state index is 16.1. The number of barbiturate groups is 1. The van der Waals surface area contributed by atoms with Crippen molar-refractivity contribution in [3.63, 3.8) is 0 Å². The van der Waals surface area contributed by atoms with Crippen molar-refractivity contribution in [2.45, 2.75) is 51.0 Å². The Morgan fingerprint density at radius 2 is 1.86 bits per heavy atom. The van der Waals surface area contributed by atoms with Crippen LogP contribution in [-0.2, 0) is 25.5 Å². The summed E-state index contributed by atoms with van der Waals surface area (Å²) in [5, 5.41) is 7.83. The number of carbonyl (C=O) groups excluding carboxylic acids is 4. The molecule has 0 bridgehead atoms. The lowest BCUT2D eigenvalue weighted by Gasteiger charge is -2.55. The maximum Gasteiger partial charge on any atom is 0.416 e. The van der Waals surface area contributed by atoms with Crippen molar-refractivity contribution in [3.8, 4) is 0 Å². The molecule has 1 aromatic heterocycles. The number of fused-ring (bicyclic) bond motifs is 5. The largest absolute Gasteiger partial charge is 0.447 e. The summed E-state index contributed by atoms with van der Waals surface area (Å²) >= 11 is 0. The van der Waals surface area contributed by atoms with Gasteiger partial charge in [0.1, 0.15) is 12.6 Å². The molecule has 1 aromatic carbocycles. The Morgan fingerprint density at radius 1 is 1.16 bits per heavy atom. The molecular weight excluding hydrogens is 503 g/mol. The molecule has 1 unspecified atom stereocenters. The highest BCUT2D eigenvalue weighted by Crippen LogP contribution is 2.50. The lowest BCUT2D eigenvalue weighted by molar-refractivity contribution is -0.153. The quantitative estimate of drug-likeness (QED) is 0.559. The van der Waals surface area contributed by atoms with Gasteiger partial charge in [0, 0.05) is 13.0 Å². The predicted molar refractivity (Wildman–Crippen MR) is 117 cm³/mol. The zero-order valence-corrected chi connectivity index (χ0v) is 19.4. The minimum absolute atomic E-state index is 0.0275. The summed E-state index contributed by atoms with van der Waals surface area (Å²) in [5.41, 5.74) is -2.08. The van der Waals surface area contributed by atoms with Gasteiger partial charge in [-0.2, -0.15) is 0 Å². The van der Waals surface area contributed by atoms with Crippen molar-refractivity contribution in [2.75, 3.05) is 23.0 Å². The van der Waals surface area contributed by atoms with Gasteiger partial charge in [-0.1, -0.05) is 5.16 Å². The molecule has 0 saturated carbocycles. The van der Waals surface area contributed by atoms with Crippen LogP contribution in [0.3, 0.4) is 0 Å². The van der Waals surface area contributed by atoms with E-state index in [1.165, 1.54) is 11.0 Å². The van der Waals surface area contributed by atoms with Crippen molar-refractivity contribution < 1.29 is 46.3 Å². The lowest BCUT2D eigenvalue weighted by Crippen LogP contribution is -2.75. The average Bonchev–Trinajstić information content (AvgIpc) is 3.40. The molecule has 1 spiro atoms. The summed E-state index contributed by atoms with van der Waals surface area (Å²) in [6.45, 7) is 2.88. The fraction of sp³-hybridized carbons (Fsp3) is 0.500. The molecule has 6 rings (SSSR count). The van der Waals surface area contributed by atoms with Crippen LogP contribution in [0.2, 0.25) is 0 Å². The second kappa shape index (κ2) is 7.81. The van der Waals surface area contributed by atoms with Crippen molar-refractivity contribution in [1.29, 1.82) is 0 Å². The smallest absolute Gasteiger partial charge is 0.416 e. The number of rotatable bonds is 2. The molecule has 15 heteroatoms. The Bertz CT molecular complexity index is 1360. The highest BCUT2D eigenvalue weighted by molar-refractivity contribution is 6.20. The molecule has 196 valence electrons. The fourth-order valence-electron chi connectivity index (χ4n) is 5.98. The molecule has 2 N–H and O–H groups in total. The third-order valence-corrected chi connectivity index (χ3v) is 7.37. The van der Waals surface area contributed by atoms with E-state index in [2.05, 4.69) is 15.8 Å². The first kappa shape index (κ1) is 23.5. The number of hydrogen-bond donors (Lipinski definition) is 2. The number of amides is 5. The normalized spacial score (nSPS) is 28.9. The zero-order chi connectivity index (χ0) is 26.4. The minimum atomic E-state index is -2.98. The van der Waals surface area contributed by atoms with Gasteiger partial charge in [0.2, 0.25) is 17.4 Å². The van der Waals surface area contributed by atoms with Gasteiger partial charge in [-0.05, 0) is 25.5 Å². The van der Waals surface area contributed by atoms with Gasteiger partial charge < -0.3 is 18.9 Å². The molecule has 5 amide bonds. The predicted octanol–water partition coefficient (Wildman–Crippen LogP) is 1.45. The van der Waals surface area contributed by atoms with E-state index in [0.717, 1.165) is 0 Å². The minimum Gasteiger partial charge on any atom is -0.447 e. The van der Waals surface area contributed by atoms with E-state index in [0.29, 0.717) is 4.90 Å². The monoisotopic (exact) mass is 523 g/mol. The number of imide groups is 2. The van der Waals surface area contributed by atoms with Crippen molar-refractivity contribution in [2.24, 2.45) is 5.41 Å².